The molecule has 1 amide bonds. The summed E-state index contributed by atoms with van der Waals surface area (Å²) in [6, 6.07) is 12.0. The van der Waals surface area contributed by atoms with E-state index < -0.39 is 0 Å². The molecule has 1 aliphatic carbocycles. The van der Waals surface area contributed by atoms with Crippen LogP contribution in [0.3, 0.4) is 0 Å². The first-order valence-corrected chi connectivity index (χ1v) is 7.69. The number of rotatable bonds is 4. The van der Waals surface area contributed by atoms with E-state index in [9.17, 15) is 4.79 Å². The highest BCUT2D eigenvalue weighted by molar-refractivity contribution is 5.91. The number of nitrogens with zero attached hydrogens (tertiary/aromatic N) is 2. The SMILES string of the molecule is O=C(Nc1ccn(Cc2ccccc2)n1)C1CCCCC1. The molecule has 110 valence electrons. The zero-order chi connectivity index (χ0) is 14.5. The second-order valence-electron chi connectivity index (χ2n) is 5.71. The van der Waals surface area contributed by atoms with Gasteiger partial charge >= 0.3 is 0 Å². The van der Waals surface area contributed by atoms with E-state index in [0.29, 0.717) is 5.82 Å². The van der Waals surface area contributed by atoms with Crippen LogP contribution in [-0.4, -0.2) is 15.7 Å². The van der Waals surface area contributed by atoms with Crippen molar-refractivity contribution in [2.45, 2.75) is 38.6 Å². The molecule has 1 aromatic heterocycles. The molecule has 21 heavy (non-hydrogen) atoms. The Balaban J connectivity index is 1.58. The maximum atomic E-state index is 12.2. The van der Waals surface area contributed by atoms with Gasteiger partial charge in [0.25, 0.3) is 0 Å². The molecule has 0 saturated heterocycles. The first-order chi connectivity index (χ1) is 10.3. The van der Waals surface area contributed by atoms with Crippen molar-refractivity contribution in [1.82, 2.24) is 9.78 Å². The first kappa shape index (κ1) is 13.9. The Morgan fingerprint density at radius 3 is 2.67 bits per heavy atom. The summed E-state index contributed by atoms with van der Waals surface area (Å²) in [7, 11) is 0. The number of carbonyl (C=O) groups is 1. The minimum absolute atomic E-state index is 0.125. The highest BCUT2D eigenvalue weighted by Crippen LogP contribution is 2.24. The average Bonchev–Trinajstić information content (AvgIpc) is 2.96. The summed E-state index contributed by atoms with van der Waals surface area (Å²) in [5.74, 6) is 0.944. The van der Waals surface area contributed by atoms with Crippen molar-refractivity contribution in [2.75, 3.05) is 5.32 Å². The maximum absolute atomic E-state index is 12.2. The molecule has 0 bridgehead atoms. The third kappa shape index (κ3) is 3.72. The van der Waals surface area contributed by atoms with Crippen molar-refractivity contribution in [3.05, 3.63) is 48.2 Å². The molecule has 0 atom stereocenters. The lowest BCUT2D eigenvalue weighted by Gasteiger charge is -2.19. The van der Waals surface area contributed by atoms with E-state index in [1.165, 1.54) is 24.8 Å². The Bertz CT molecular complexity index is 585. The van der Waals surface area contributed by atoms with Gasteiger partial charge in [-0.25, -0.2) is 0 Å². The highest BCUT2D eigenvalue weighted by Gasteiger charge is 2.21. The molecule has 0 spiro atoms. The van der Waals surface area contributed by atoms with E-state index in [-0.39, 0.29) is 11.8 Å². The third-order valence-electron chi connectivity index (χ3n) is 4.06. The van der Waals surface area contributed by atoms with Gasteiger partial charge in [0.05, 0.1) is 6.54 Å². The minimum atomic E-state index is 0.125. The molecular formula is C17H21N3O. The lowest BCUT2D eigenvalue weighted by Crippen LogP contribution is -2.25. The van der Waals surface area contributed by atoms with Crippen LogP contribution >= 0.6 is 0 Å². The Hall–Kier alpha value is -2.10. The molecule has 1 N–H and O–H groups in total. The van der Waals surface area contributed by atoms with Crippen LogP contribution in [0.1, 0.15) is 37.7 Å². The number of carbonyl (C=O) groups excluding carboxylic acids is 1. The van der Waals surface area contributed by atoms with Crippen LogP contribution in [0, 0.1) is 5.92 Å². The second kappa shape index (κ2) is 6.57. The Morgan fingerprint density at radius 1 is 1.14 bits per heavy atom. The molecule has 1 aliphatic rings. The van der Waals surface area contributed by atoms with Gasteiger partial charge in [-0.15, -0.1) is 0 Å². The monoisotopic (exact) mass is 283 g/mol. The van der Waals surface area contributed by atoms with Gasteiger partial charge in [0.2, 0.25) is 5.91 Å². The molecule has 4 heteroatoms. The van der Waals surface area contributed by atoms with E-state index in [0.717, 1.165) is 19.4 Å². The summed E-state index contributed by atoms with van der Waals surface area (Å²) in [4.78, 5) is 12.2. The standard InChI is InChI=1S/C17H21N3O/c21-17(15-9-5-2-6-10-15)18-16-11-12-20(19-16)13-14-7-3-1-4-8-14/h1,3-4,7-8,11-12,15H,2,5-6,9-10,13H2,(H,18,19,21). The van der Waals surface area contributed by atoms with Gasteiger partial charge in [0.15, 0.2) is 5.82 Å². The van der Waals surface area contributed by atoms with Crippen molar-refractivity contribution in [2.24, 2.45) is 5.92 Å². The number of hydrogen-bond donors (Lipinski definition) is 1. The maximum Gasteiger partial charge on any atom is 0.228 e. The van der Waals surface area contributed by atoms with E-state index in [2.05, 4.69) is 22.5 Å². The third-order valence-corrected chi connectivity index (χ3v) is 4.06. The van der Waals surface area contributed by atoms with Crippen LogP contribution in [0.4, 0.5) is 5.82 Å². The van der Waals surface area contributed by atoms with Crippen LogP contribution in [0.25, 0.3) is 0 Å². The van der Waals surface area contributed by atoms with Gasteiger partial charge in [0.1, 0.15) is 0 Å². The molecular weight excluding hydrogens is 262 g/mol. The fraction of sp³-hybridized carbons (Fsp3) is 0.412. The first-order valence-electron chi connectivity index (χ1n) is 7.69. The predicted molar refractivity (Wildman–Crippen MR) is 83.0 cm³/mol. The van der Waals surface area contributed by atoms with Gasteiger partial charge in [-0.05, 0) is 18.4 Å². The summed E-state index contributed by atoms with van der Waals surface area (Å²) in [5, 5.41) is 7.37. The van der Waals surface area contributed by atoms with Crippen LogP contribution in [0.2, 0.25) is 0 Å². The Morgan fingerprint density at radius 2 is 1.90 bits per heavy atom. The van der Waals surface area contributed by atoms with E-state index in [4.69, 9.17) is 0 Å². The van der Waals surface area contributed by atoms with Crippen molar-refractivity contribution in [1.29, 1.82) is 0 Å². The topological polar surface area (TPSA) is 46.9 Å². The van der Waals surface area contributed by atoms with Crippen molar-refractivity contribution < 1.29 is 4.79 Å². The van der Waals surface area contributed by atoms with Gasteiger partial charge < -0.3 is 5.32 Å². The summed E-state index contributed by atoms with van der Waals surface area (Å²) in [5.41, 5.74) is 1.20. The molecule has 0 unspecified atom stereocenters. The molecule has 1 saturated carbocycles. The van der Waals surface area contributed by atoms with Gasteiger partial charge in [-0.3, -0.25) is 9.48 Å². The molecule has 1 heterocycles. The molecule has 1 fully saturated rings. The molecule has 2 aromatic rings. The van der Waals surface area contributed by atoms with Crippen molar-refractivity contribution in [3.8, 4) is 0 Å². The Kier molecular flexibility index (Phi) is 4.34. The van der Waals surface area contributed by atoms with Crippen molar-refractivity contribution in [3.63, 3.8) is 0 Å². The zero-order valence-electron chi connectivity index (χ0n) is 12.2. The van der Waals surface area contributed by atoms with E-state index in [1.54, 1.807) is 0 Å². The number of hydrogen-bond acceptors (Lipinski definition) is 2. The molecule has 4 nitrogen and oxygen atoms in total. The lowest BCUT2D eigenvalue weighted by atomic mass is 9.89. The fourth-order valence-corrected chi connectivity index (χ4v) is 2.88. The number of nitrogens with one attached hydrogen (secondary N) is 1. The molecule has 0 aliphatic heterocycles. The van der Waals surface area contributed by atoms with Crippen molar-refractivity contribution >= 4 is 11.7 Å². The summed E-state index contributed by atoms with van der Waals surface area (Å²) in [6.45, 7) is 0.722. The highest BCUT2D eigenvalue weighted by atomic mass is 16.2. The largest absolute Gasteiger partial charge is 0.309 e. The number of aromatic nitrogens is 2. The lowest BCUT2D eigenvalue weighted by molar-refractivity contribution is -0.120. The Labute approximate surface area is 125 Å². The quantitative estimate of drug-likeness (QED) is 0.934. The van der Waals surface area contributed by atoms with Crippen LogP contribution in [-0.2, 0) is 11.3 Å². The van der Waals surface area contributed by atoms with Crippen LogP contribution in [0.5, 0.6) is 0 Å². The molecule has 0 radical (unpaired) electrons. The fourth-order valence-electron chi connectivity index (χ4n) is 2.88. The number of amides is 1. The minimum Gasteiger partial charge on any atom is -0.309 e. The summed E-state index contributed by atoms with van der Waals surface area (Å²) in [6.07, 6.45) is 7.52. The smallest absolute Gasteiger partial charge is 0.228 e. The summed E-state index contributed by atoms with van der Waals surface area (Å²) < 4.78 is 1.85. The average molecular weight is 283 g/mol. The van der Waals surface area contributed by atoms with Crippen LogP contribution < -0.4 is 5.32 Å². The van der Waals surface area contributed by atoms with Gasteiger partial charge in [0, 0.05) is 18.2 Å². The zero-order valence-corrected chi connectivity index (χ0v) is 12.2. The number of anilines is 1. The van der Waals surface area contributed by atoms with Gasteiger partial charge in [-0.2, -0.15) is 5.10 Å². The second-order valence-corrected chi connectivity index (χ2v) is 5.71. The normalized spacial score (nSPS) is 15.8. The van der Waals surface area contributed by atoms with E-state index in [1.807, 2.05) is 35.1 Å². The molecule has 3 rings (SSSR count). The number of benzene rings is 1. The predicted octanol–water partition coefficient (Wildman–Crippen LogP) is 3.45. The van der Waals surface area contributed by atoms with Gasteiger partial charge in [-0.1, -0.05) is 49.6 Å². The summed E-state index contributed by atoms with van der Waals surface area (Å²) >= 11 is 0. The van der Waals surface area contributed by atoms with E-state index >= 15 is 0 Å². The van der Waals surface area contributed by atoms with Crippen LogP contribution in [0.15, 0.2) is 42.6 Å². The molecule has 1 aromatic carbocycles.